The molecule has 3 rings (SSSR count). The minimum atomic E-state index is -0.409. The first-order valence-electron chi connectivity index (χ1n) is 7.52. The van der Waals surface area contributed by atoms with E-state index in [-0.39, 0.29) is 0 Å². The minimum Gasteiger partial charge on any atom is -0.465 e. The van der Waals surface area contributed by atoms with Gasteiger partial charge in [-0.2, -0.15) is 0 Å². The molecule has 0 spiro atoms. The maximum atomic E-state index is 11.8. The van der Waals surface area contributed by atoms with Crippen molar-refractivity contribution in [2.45, 2.75) is 25.3 Å². The molecular formula is C15H22N4O2. The molecule has 1 aromatic heterocycles. The number of hydrogen-bond donors (Lipinski definition) is 1. The molecule has 6 nitrogen and oxygen atoms in total. The normalized spacial score (nSPS) is 22.7. The van der Waals surface area contributed by atoms with Gasteiger partial charge >= 0.3 is 5.97 Å². The van der Waals surface area contributed by atoms with Crippen molar-refractivity contribution < 1.29 is 9.53 Å². The fourth-order valence-electron chi connectivity index (χ4n) is 3.40. The van der Waals surface area contributed by atoms with Gasteiger partial charge in [-0.15, -0.1) is 0 Å². The van der Waals surface area contributed by atoms with Gasteiger partial charge in [-0.25, -0.2) is 9.78 Å². The van der Waals surface area contributed by atoms with E-state index in [2.05, 4.69) is 14.8 Å². The highest BCUT2D eigenvalue weighted by molar-refractivity contribution is 5.97. The third-order valence-electron chi connectivity index (χ3n) is 4.48. The highest BCUT2D eigenvalue weighted by Gasteiger charge is 2.30. The summed E-state index contributed by atoms with van der Waals surface area (Å²) in [4.78, 5) is 20.9. The number of ether oxygens (including phenoxy) is 1. The van der Waals surface area contributed by atoms with Gasteiger partial charge in [0.25, 0.3) is 0 Å². The first kappa shape index (κ1) is 14.1. The van der Waals surface area contributed by atoms with Crippen LogP contribution in [0.4, 0.5) is 11.5 Å². The number of methoxy groups -OCH3 is 1. The largest absolute Gasteiger partial charge is 0.465 e. The highest BCUT2D eigenvalue weighted by atomic mass is 16.5. The van der Waals surface area contributed by atoms with Crippen molar-refractivity contribution in [3.63, 3.8) is 0 Å². The van der Waals surface area contributed by atoms with Crippen LogP contribution in [-0.2, 0) is 4.74 Å². The molecular weight excluding hydrogens is 268 g/mol. The molecule has 6 heteroatoms. The quantitative estimate of drug-likeness (QED) is 0.823. The summed E-state index contributed by atoms with van der Waals surface area (Å²) < 4.78 is 4.78. The van der Waals surface area contributed by atoms with Gasteiger partial charge in [0, 0.05) is 31.9 Å². The number of carbonyl (C=O) groups excluding carboxylic acids is 1. The summed E-state index contributed by atoms with van der Waals surface area (Å²) in [6.45, 7) is 4.19. The second kappa shape index (κ2) is 5.89. The number of aromatic nitrogens is 1. The van der Waals surface area contributed by atoms with Crippen molar-refractivity contribution in [1.29, 1.82) is 0 Å². The van der Waals surface area contributed by atoms with E-state index in [4.69, 9.17) is 10.5 Å². The predicted octanol–water partition coefficient (Wildman–Crippen LogP) is 1.12. The standard InChI is InChI=1S/C15H22N4O2/c1-21-15(20)12-5-6-17-14(13(12)16)19-9-3-8-18-7-2-4-11(18)10-19/h5-6,11H,2-4,7-10,16H2,1H3. The molecule has 0 radical (unpaired) electrons. The molecule has 0 aliphatic carbocycles. The molecule has 0 aromatic carbocycles. The average molecular weight is 290 g/mol. The zero-order chi connectivity index (χ0) is 14.8. The van der Waals surface area contributed by atoms with Crippen LogP contribution in [0.1, 0.15) is 29.6 Å². The maximum absolute atomic E-state index is 11.8. The van der Waals surface area contributed by atoms with Crippen LogP contribution in [0.2, 0.25) is 0 Å². The Balaban J connectivity index is 1.87. The van der Waals surface area contributed by atoms with Gasteiger partial charge < -0.3 is 15.4 Å². The van der Waals surface area contributed by atoms with Crippen LogP contribution in [0.15, 0.2) is 12.3 Å². The van der Waals surface area contributed by atoms with Gasteiger partial charge in [-0.3, -0.25) is 4.90 Å². The van der Waals surface area contributed by atoms with E-state index >= 15 is 0 Å². The summed E-state index contributed by atoms with van der Waals surface area (Å²) in [5, 5.41) is 0. The van der Waals surface area contributed by atoms with Crippen molar-refractivity contribution >= 4 is 17.5 Å². The van der Waals surface area contributed by atoms with Crippen LogP contribution in [0.3, 0.4) is 0 Å². The van der Waals surface area contributed by atoms with Crippen molar-refractivity contribution in [2.24, 2.45) is 0 Å². The molecule has 3 heterocycles. The van der Waals surface area contributed by atoms with E-state index in [0.717, 1.165) is 26.1 Å². The molecule has 1 aromatic rings. The zero-order valence-electron chi connectivity index (χ0n) is 12.4. The number of nitrogens with zero attached hydrogens (tertiary/aromatic N) is 3. The first-order chi connectivity index (χ1) is 10.2. The van der Waals surface area contributed by atoms with Crippen molar-refractivity contribution in [2.75, 3.05) is 43.9 Å². The number of anilines is 2. The molecule has 1 unspecified atom stereocenters. The fraction of sp³-hybridized carbons (Fsp3) is 0.600. The Morgan fingerprint density at radius 3 is 3.00 bits per heavy atom. The molecule has 114 valence electrons. The topological polar surface area (TPSA) is 71.7 Å². The summed E-state index contributed by atoms with van der Waals surface area (Å²) in [7, 11) is 1.37. The SMILES string of the molecule is COC(=O)c1ccnc(N2CCCN3CCCC3C2)c1N. The van der Waals surface area contributed by atoms with Crippen LogP contribution < -0.4 is 10.6 Å². The molecule has 1 atom stereocenters. The van der Waals surface area contributed by atoms with Gasteiger partial charge in [-0.1, -0.05) is 0 Å². The summed E-state index contributed by atoms with van der Waals surface area (Å²) in [6.07, 6.45) is 5.23. The Hall–Kier alpha value is -1.82. The zero-order valence-corrected chi connectivity index (χ0v) is 12.4. The van der Waals surface area contributed by atoms with Crippen LogP contribution >= 0.6 is 0 Å². The third-order valence-corrected chi connectivity index (χ3v) is 4.48. The Labute approximate surface area is 124 Å². The third kappa shape index (κ3) is 2.68. The Morgan fingerprint density at radius 2 is 2.19 bits per heavy atom. The number of esters is 1. The van der Waals surface area contributed by atoms with Crippen molar-refractivity contribution in [3.05, 3.63) is 17.8 Å². The molecule has 0 bridgehead atoms. The molecule has 2 N–H and O–H groups in total. The van der Waals surface area contributed by atoms with Gasteiger partial charge in [0.2, 0.25) is 0 Å². The summed E-state index contributed by atoms with van der Waals surface area (Å²) >= 11 is 0. The van der Waals surface area contributed by atoms with Gasteiger partial charge in [0.1, 0.15) is 0 Å². The molecule has 2 saturated heterocycles. The van der Waals surface area contributed by atoms with Gasteiger partial charge in [0.05, 0.1) is 18.4 Å². The molecule has 2 aliphatic rings. The lowest BCUT2D eigenvalue weighted by atomic mass is 10.2. The number of fused-ring (bicyclic) bond motifs is 1. The Kier molecular flexibility index (Phi) is 3.96. The van der Waals surface area contributed by atoms with Crippen LogP contribution in [0.25, 0.3) is 0 Å². The van der Waals surface area contributed by atoms with Gasteiger partial charge in [0.15, 0.2) is 5.82 Å². The van der Waals surface area contributed by atoms with Crippen molar-refractivity contribution in [1.82, 2.24) is 9.88 Å². The molecule has 0 amide bonds. The lowest BCUT2D eigenvalue weighted by molar-refractivity contribution is 0.0602. The number of hydrogen-bond acceptors (Lipinski definition) is 6. The second-order valence-electron chi connectivity index (χ2n) is 5.72. The number of nitrogens with two attached hydrogens (primary N) is 1. The Bertz CT molecular complexity index is 534. The average Bonchev–Trinajstić information content (AvgIpc) is 2.84. The monoisotopic (exact) mass is 290 g/mol. The van der Waals surface area contributed by atoms with Gasteiger partial charge in [-0.05, 0) is 31.9 Å². The smallest absolute Gasteiger partial charge is 0.340 e. The lowest BCUT2D eigenvalue weighted by Crippen LogP contribution is -2.37. The van der Waals surface area contributed by atoms with E-state index in [9.17, 15) is 4.79 Å². The maximum Gasteiger partial charge on any atom is 0.340 e. The Morgan fingerprint density at radius 1 is 1.38 bits per heavy atom. The van der Waals surface area contributed by atoms with E-state index < -0.39 is 5.97 Å². The number of pyridine rings is 1. The highest BCUT2D eigenvalue weighted by Crippen LogP contribution is 2.29. The van der Waals surface area contributed by atoms with Crippen molar-refractivity contribution in [3.8, 4) is 0 Å². The summed E-state index contributed by atoms with van der Waals surface area (Å²) in [5.74, 6) is 0.306. The van der Waals surface area contributed by atoms with E-state index in [1.807, 2.05) is 0 Å². The van der Waals surface area contributed by atoms with E-state index in [1.165, 1.54) is 26.5 Å². The second-order valence-corrected chi connectivity index (χ2v) is 5.72. The number of carbonyl (C=O) groups is 1. The predicted molar refractivity (Wildman–Crippen MR) is 81.4 cm³/mol. The fourth-order valence-corrected chi connectivity index (χ4v) is 3.40. The molecule has 0 saturated carbocycles. The van der Waals surface area contributed by atoms with Crippen LogP contribution in [0.5, 0.6) is 0 Å². The summed E-state index contributed by atoms with van der Waals surface area (Å²) in [5.41, 5.74) is 6.99. The van der Waals surface area contributed by atoms with E-state index in [0.29, 0.717) is 23.1 Å². The van der Waals surface area contributed by atoms with Crippen LogP contribution in [-0.4, -0.2) is 55.2 Å². The molecule has 2 aliphatic heterocycles. The minimum absolute atomic E-state index is 0.398. The number of nitrogen functional groups attached to an aromatic ring is 1. The molecule has 21 heavy (non-hydrogen) atoms. The summed E-state index contributed by atoms with van der Waals surface area (Å²) in [6, 6.07) is 2.19. The lowest BCUT2D eigenvalue weighted by Gasteiger charge is -2.27. The van der Waals surface area contributed by atoms with E-state index in [1.54, 1.807) is 12.3 Å². The number of rotatable bonds is 2. The van der Waals surface area contributed by atoms with Crippen LogP contribution in [0, 0.1) is 0 Å². The first-order valence-corrected chi connectivity index (χ1v) is 7.52. The molecule has 2 fully saturated rings.